The Labute approximate surface area is 348 Å². The molecule has 0 spiro atoms. The molecule has 55 heavy (non-hydrogen) atoms. The van der Waals surface area contributed by atoms with Gasteiger partial charge in [-0.1, -0.05) is 142 Å². The summed E-state index contributed by atoms with van der Waals surface area (Å²) in [6, 6.07) is 53.7. The second kappa shape index (κ2) is 16.0. The average molecular weight is 930 g/mol. The van der Waals surface area contributed by atoms with Gasteiger partial charge in [0.2, 0.25) is 0 Å². The van der Waals surface area contributed by atoms with Gasteiger partial charge < -0.3 is 9.55 Å². The Morgan fingerprint density at radius 1 is 0.800 bits per heavy atom. The van der Waals surface area contributed by atoms with Crippen molar-refractivity contribution in [2.24, 2.45) is 0 Å². The van der Waals surface area contributed by atoms with Gasteiger partial charge in [-0.2, -0.15) is 11.3 Å². The van der Waals surface area contributed by atoms with Gasteiger partial charge >= 0.3 is 0 Å². The first-order valence-electron chi connectivity index (χ1n) is 20.2. The van der Waals surface area contributed by atoms with E-state index in [9.17, 15) is 0 Å². The van der Waals surface area contributed by atoms with Gasteiger partial charge in [-0.25, -0.2) is 0 Å². The van der Waals surface area contributed by atoms with Crippen LogP contribution in [0.15, 0.2) is 146 Å². The topological polar surface area (TPSA) is 30.7 Å². The van der Waals surface area contributed by atoms with E-state index in [4.69, 9.17) is 10.5 Å². The number of hydrogen-bond acceptors (Lipinski definition) is 3. The first-order chi connectivity index (χ1) is 27.7. The number of aromatic nitrogens is 3. The first-order valence-corrected chi connectivity index (χ1v) is 22.5. The van der Waals surface area contributed by atoms with Gasteiger partial charge in [0.1, 0.15) is 0 Å². The fourth-order valence-electron chi connectivity index (χ4n) is 7.02. The second-order valence-corrected chi connectivity index (χ2v) is 20.8. The summed E-state index contributed by atoms with van der Waals surface area (Å²) in [5.74, 6) is 0.202. The molecule has 0 atom stereocenters. The Morgan fingerprint density at radius 2 is 1.55 bits per heavy atom. The zero-order valence-electron chi connectivity index (χ0n) is 35.4. The van der Waals surface area contributed by atoms with E-state index in [1.54, 1.807) is 12.1 Å². The zero-order valence-corrected chi connectivity index (χ0v) is 35.7. The smallest absolute Gasteiger partial charge is 0.0799 e. The van der Waals surface area contributed by atoms with Crippen LogP contribution in [0.5, 0.6) is 0 Å². The molecule has 0 saturated carbocycles. The van der Waals surface area contributed by atoms with E-state index in [1.165, 1.54) is 42.6 Å². The van der Waals surface area contributed by atoms with E-state index in [1.807, 2.05) is 43.5 Å². The van der Waals surface area contributed by atoms with E-state index in [0.29, 0.717) is 0 Å². The van der Waals surface area contributed by atoms with Crippen molar-refractivity contribution in [3.05, 3.63) is 169 Å². The molecule has 6 aromatic carbocycles. The molecule has 0 N–H and O–H groups in total. The monoisotopic (exact) mass is 930 g/mol. The normalized spacial score (nSPS) is 13.0. The number of thiophene rings is 1. The van der Waals surface area contributed by atoms with Crippen molar-refractivity contribution in [1.29, 1.82) is 0 Å². The molecule has 1 radical (unpaired) electrons. The van der Waals surface area contributed by atoms with Crippen LogP contribution in [-0.4, -0.2) is 22.6 Å². The second-order valence-electron chi connectivity index (χ2n) is 14.7. The number of benzene rings is 6. The molecule has 0 unspecified atom stereocenters. The minimum absolute atomic E-state index is 0. The van der Waals surface area contributed by atoms with Crippen molar-refractivity contribution < 1.29 is 25.6 Å². The quantitative estimate of drug-likeness (QED) is 0.123. The average Bonchev–Trinajstić information content (AvgIpc) is 3.79. The van der Waals surface area contributed by atoms with Crippen LogP contribution in [-0.2, 0) is 20.1 Å². The van der Waals surface area contributed by atoms with Crippen LogP contribution in [0, 0.1) is 19.0 Å². The summed E-state index contributed by atoms with van der Waals surface area (Å²) in [5, 5.41) is 3.72. The molecule has 9 aromatic rings. The molecule has 6 heteroatoms. The van der Waals surface area contributed by atoms with Crippen LogP contribution < -0.4 is 5.19 Å². The maximum Gasteiger partial charge on any atom is 0.0799 e. The van der Waals surface area contributed by atoms with E-state index < -0.39 is 20.8 Å². The Balaban J connectivity index is 0.000000188. The predicted octanol–water partition coefficient (Wildman–Crippen LogP) is 13.1. The van der Waals surface area contributed by atoms with Crippen molar-refractivity contribution in [1.82, 2.24) is 14.5 Å². The summed E-state index contributed by atoms with van der Waals surface area (Å²) >= 11 is 1.81. The zero-order chi connectivity index (χ0) is 40.8. The van der Waals surface area contributed by atoms with Crippen molar-refractivity contribution >= 4 is 55.8 Å². The van der Waals surface area contributed by atoms with Crippen LogP contribution in [0.25, 0.3) is 70.7 Å². The van der Waals surface area contributed by atoms with Gasteiger partial charge in [0.05, 0.1) is 24.9 Å². The molecule has 0 fully saturated rings. The van der Waals surface area contributed by atoms with Crippen molar-refractivity contribution in [3.63, 3.8) is 0 Å². The van der Waals surface area contributed by atoms with Gasteiger partial charge in [-0.15, -0.1) is 53.6 Å². The molecule has 0 bridgehead atoms. The third-order valence-corrected chi connectivity index (χ3v) is 12.9. The molecule has 3 aromatic heterocycles. The number of imidazole rings is 1. The summed E-state index contributed by atoms with van der Waals surface area (Å²) < 4.78 is 35.6. The maximum atomic E-state index is 8.48. The maximum absolute atomic E-state index is 8.48. The van der Waals surface area contributed by atoms with Crippen LogP contribution in [0.3, 0.4) is 0 Å². The largest absolute Gasteiger partial charge is 0.333 e. The van der Waals surface area contributed by atoms with Gasteiger partial charge in [-0.3, -0.25) is 4.98 Å². The number of hydrogen-bond donors (Lipinski definition) is 0. The molecule has 0 amide bonds. The third kappa shape index (κ3) is 7.65. The Kier molecular flexibility index (Phi) is 9.72. The molecule has 0 saturated heterocycles. The van der Waals surface area contributed by atoms with Crippen LogP contribution in [0.2, 0.25) is 19.6 Å². The molecule has 275 valence electrons. The molecule has 3 heterocycles. The minimum Gasteiger partial charge on any atom is -0.333 e. The predicted molar refractivity (Wildman–Crippen MR) is 234 cm³/mol. The van der Waals surface area contributed by atoms with E-state index in [0.717, 1.165) is 44.9 Å². The standard InChI is InChI=1S/C31H19N2S.C18H24NSi.Ir/c1-2-11-21(12-3-1)22-13-4-7-18-27(22)33-28-19-8-6-17-26(28)32-31(33)25-16-10-15-24-23-14-5-9-20-29(23)34-30(24)25;1-13(2)16-11-17(15-9-7-14(3)8-10-15)19-12-18(16)20(4,5)6;/h1-15,17-20H;7-9,11-13H,1-6H3;/q2*-1;/i;3D3,13D;. The van der Waals surface area contributed by atoms with Crippen molar-refractivity contribution in [3.8, 4) is 39.5 Å². The molecule has 0 aliphatic carbocycles. The number of pyridine rings is 1. The molecule has 9 rings (SSSR count). The number of rotatable bonds is 6. The van der Waals surface area contributed by atoms with Crippen molar-refractivity contribution in [2.45, 2.75) is 46.2 Å². The third-order valence-electron chi connectivity index (χ3n) is 9.69. The first kappa shape index (κ1) is 33.4. The van der Waals surface area contributed by atoms with Crippen LogP contribution in [0.1, 0.15) is 36.4 Å². The molecule has 0 aliphatic rings. The Hall–Kier alpha value is -4.97. The fraction of sp³-hybridized carbons (Fsp3) is 0.143. The summed E-state index contributed by atoms with van der Waals surface area (Å²) in [7, 11) is -1.61. The number of para-hydroxylation sites is 3. The summed E-state index contributed by atoms with van der Waals surface area (Å²) in [5.41, 5.74) is 9.31. The summed E-state index contributed by atoms with van der Waals surface area (Å²) in [6.45, 7) is 8.38. The SMILES string of the molecule is [2H]C([2H])([2H])c1c[c-]c(-c2cc(C([2H])(C)C)c([Si](C)(C)C)cn2)cc1.[Ir].[c-]1ccc2c(sc3ccccc32)c1-c1nc2ccccc2n1-c1ccccc1-c1ccccc1. The Bertz CT molecular complexity index is 2910. The molecule has 0 aliphatic heterocycles. The number of aryl methyl sites for hydroxylation is 1. The van der Waals surface area contributed by atoms with Gasteiger partial charge in [0.15, 0.2) is 0 Å². The van der Waals surface area contributed by atoms with Gasteiger partial charge in [-0.05, 0) is 56.7 Å². The van der Waals surface area contributed by atoms with Crippen molar-refractivity contribution in [2.75, 3.05) is 0 Å². The fourth-order valence-corrected chi connectivity index (χ4v) is 9.80. The van der Waals surface area contributed by atoms with Crippen LogP contribution >= 0.6 is 11.3 Å². The van der Waals surface area contributed by atoms with Gasteiger partial charge in [0.25, 0.3) is 0 Å². The van der Waals surface area contributed by atoms with E-state index in [2.05, 4.69) is 151 Å². The van der Waals surface area contributed by atoms with Gasteiger partial charge in [0, 0.05) is 47.7 Å². The molecular formula is C49H43IrN3SSi-2. The molecule has 3 nitrogen and oxygen atoms in total. The number of fused-ring (bicyclic) bond motifs is 4. The van der Waals surface area contributed by atoms with E-state index in [-0.39, 0.29) is 25.7 Å². The summed E-state index contributed by atoms with van der Waals surface area (Å²) in [6.07, 6.45) is 1.89. The Morgan fingerprint density at radius 3 is 2.31 bits per heavy atom. The van der Waals surface area contributed by atoms with E-state index >= 15 is 0 Å². The molecular weight excluding hydrogens is 883 g/mol. The minimum atomic E-state index is -2.13. The summed E-state index contributed by atoms with van der Waals surface area (Å²) in [4.78, 5) is 9.71. The van der Waals surface area contributed by atoms with Crippen LogP contribution in [0.4, 0.5) is 0 Å². The number of nitrogens with zero attached hydrogens (tertiary/aromatic N) is 3.